The van der Waals surface area contributed by atoms with Crippen LogP contribution in [0.1, 0.15) is 24.3 Å². The van der Waals surface area contributed by atoms with Crippen LogP contribution in [0.2, 0.25) is 0 Å². The van der Waals surface area contributed by atoms with Crippen LogP contribution in [0.5, 0.6) is 0 Å². The first-order valence-corrected chi connectivity index (χ1v) is 9.57. The number of sulfonamides is 1. The highest BCUT2D eigenvalue weighted by molar-refractivity contribution is 8.00. The predicted molar refractivity (Wildman–Crippen MR) is 80.3 cm³/mol. The fraction of sp³-hybridized carbons (Fsp3) is 0.667. The summed E-state index contributed by atoms with van der Waals surface area (Å²) in [7, 11) is -3.50. The van der Waals surface area contributed by atoms with Gasteiger partial charge in [0.15, 0.2) is 0 Å². The maximum absolute atomic E-state index is 12.8. The van der Waals surface area contributed by atoms with E-state index >= 15 is 0 Å². The molecule has 0 amide bonds. The first kappa shape index (κ1) is 15.3. The van der Waals surface area contributed by atoms with Crippen LogP contribution in [0.4, 0.5) is 0 Å². The largest absolute Gasteiger partial charge is 0.391 e. The third-order valence-corrected chi connectivity index (χ3v) is 8.30. The molecule has 1 aliphatic rings. The Kier molecular flexibility index (Phi) is 4.62. The molecule has 0 aliphatic carbocycles. The van der Waals surface area contributed by atoms with Gasteiger partial charge in [-0.15, -0.1) is 11.3 Å². The molecule has 0 aromatic carbocycles. The summed E-state index contributed by atoms with van der Waals surface area (Å²) in [6.07, 6.45) is 0. The zero-order chi connectivity index (χ0) is 14.2. The molecule has 19 heavy (non-hydrogen) atoms. The monoisotopic (exact) mass is 321 g/mol. The Morgan fingerprint density at radius 1 is 1.47 bits per heavy atom. The normalized spacial score (nSPS) is 25.7. The van der Waals surface area contributed by atoms with Gasteiger partial charge >= 0.3 is 0 Å². The van der Waals surface area contributed by atoms with Crippen molar-refractivity contribution in [3.05, 3.63) is 15.8 Å². The lowest BCUT2D eigenvalue weighted by atomic mass is 10.2. The topological polar surface area (TPSA) is 57.6 Å². The maximum atomic E-state index is 12.8. The Hall–Kier alpha value is -0.0800. The minimum atomic E-state index is -3.50. The summed E-state index contributed by atoms with van der Waals surface area (Å²) >= 11 is 3.11. The van der Waals surface area contributed by atoms with Gasteiger partial charge in [-0.25, -0.2) is 8.42 Å². The minimum Gasteiger partial charge on any atom is -0.391 e. The van der Waals surface area contributed by atoms with Gasteiger partial charge in [-0.3, -0.25) is 0 Å². The zero-order valence-electron chi connectivity index (χ0n) is 11.3. The van der Waals surface area contributed by atoms with Crippen molar-refractivity contribution in [2.45, 2.75) is 43.6 Å². The van der Waals surface area contributed by atoms with Crippen LogP contribution < -0.4 is 0 Å². The summed E-state index contributed by atoms with van der Waals surface area (Å²) in [4.78, 5) is 0.849. The molecule has 0 saturated carbocycles. The van der Waals surface area contributed by atoms with Gasteiger partial charge < -0.3 is 5.11 Å². The van der Waals surface area contributed by atoms with Gasteiger partial charge in [-0.2, -0.15) is 16.1 Å². The lowest BCUT2D eigenvalue weighted by Crippen LogP contribution is -2.48. The number of hydrogen-bond acceptors (Lipinski definition) is 5. The Morgan fingerprint density at radius 2 is 2.16 bits per heavy atom. The summed E-state index contributed by atoms with van der Waals surface area (Å²) in [5, 5.41) is 11.4. The van der Waals surface area contributed by atoms with E-state index < -0.39 is 10.0 Å². The van der Waals surface area contributed by atoms with E-state index in [-0.39, 0.29) is 12.6 Å². The highest BCUT2D eigenvalue weighted by atomic mass is 32.2. The van der Waals surface area contributed by atoms with Gasteiger partial charge in [0.2, 0.25) is 10.0 Å². The van der Waals surface area contributed by atoms with Crippen molar-refractivity contribution in [3.8, 4) is 0 Å². The highest BCUT2D eigenvalue weighted by Crippen LogP contribution is 2.34. The van der Waals surface area contributed by atoms with Crippen molar-refractivity contribution < 1.29 is 13.5 Å². The summed E-state index contributed by atoms with van der Waals surface area (Å²) in [5.74, 6) is 0.822. The molecule has 1 fully saturated rings. The minimum absolute atomic E-state index is 0.0189. The van der Waals surface area contributed by atoms with Crippen LogP contribution in [0, 0.1) is 6.92 Å². The molecule has 0 bridgehead atoms. The number of hydrogen-bond donors (Lipinski definition) is 1. The van der Waals surface area contributed by atoms with Crippen LogP contribution in [0.15, 0.2) is 10.3 Å². The van der Waals surface area contributed by atoms with E-state index in [2.05, 4.69) is 6.92 Å². The number of thiophene rings is 1. The summed E-state index contributed by atoms with van der Waals surface area (Å²) in [5.41, 5.74) is 0.729. The van der Waals surface area contributed by atoms with Crippen molar-refractivity contribution in [2.75, 3.05) is 12.3 Å². The average molecular weight is 321 g/mol. The number of thioether (sulfide) groups is 1. The number of nitrogens with zero attached hydrogens (tertiary/aromatic N) is 1. The molecule has 0 radical (unpaired) electrons. The molecule has 7 heteroatoms. The molecule has 108 valence electrons. The average Bonchev–Trinajstić information content (AvgIpc) is 2.74. The Labute approximate surface area is 122 Å². The van der Waals surface area contributed by atoms with Crippen LogP contribution in [-0.4, -0.2) is 41.4 Å². The second-order valence-corrected chi connectivity index (χ2v) is 9.04. The van der Waals surface area contributed by atoms with E-state index in [1.54, 1.807) is 28.4 Å². The van der Waals surface area contributed by atoms with E-state index in [0.29, 0.717) is 21.6 Å². The van der Waals surface area contributed by atoms with Crippen LogP contribution >= 0.6 is 23.1 Å². The van der Waals surface area contributed by atoms with Crippen LogP contribution in [0.25, 0.3) is 0 Å². The molecule has 1 aliphatic heterocycles. The highest BCUT2D eigenvalue weighted by Gasteiger charge is 2.37. The van der Waals surface area contributed by atoms with Gasteiger partial charge in [0.1, 0.15) is 4.90 Å². The molecule has 1 aromatic heterocycles. The smallest absolute Gasteiger partial charge is 0.244 e. The quantitative estimate of drug-likeness (QED) is 0.926. The van der Waals surface area contributed by atoms with Gasteiger partial charge in [-0.1, -0.05) is 6.92 Å². The summed E-state index contributed by atoms with van der Waals surface area (Å²) < 4.78 is 27.2. The van der Waals surface area contributed by atoms with Crippen molar-refractivity contribution >= 4 is 33.1 Å². The maximum Gasteiger partial charge on any atom is 0.244 e. The van der Waals surface area contributed by atoms with Crippen molar-refractivity contribution in [1.82, 2.24) is 4.31 Å². The van der Waals surface area contributed by atoms with Crippen molar-refractivity contribution in [2.24, 2.45) is 0 Å². The van der Waals surface area contributed by atoms with Crippen molar-refractivity contribution in [3.63, 3.8) is 0 Å². The van der Waals surface area contributed by atoms with E-state index in [4.69, 9.17) is 0 Å². The number of aryl methyl sites for hydroxylation is 1. The molecule has 2 heterocycles. The third kappa shape index (κ3) is 2.71. The Morgan fingerprint density at radius 3 is 2.79 bits per heavy atom. The molecule has 2 atom stereocenters. The zero-order valence-corrected chi connectivity index (χ0v) is 13.7. The first-order valence-electron chi connectivity index (χ1n) is 6.21. The molecule has 2 unspecified atom stereocenters. The Balaban J connectivity index is 2.44. The molecular formula is C12H19NO3S3. The fourth-order valence-electron chi connectivity index (χ4n) is 2.30. The summed E-state index contributed by atoms with van der Waals surface area (Å²) in [6.45, 7) is 6.12. The van der Waals surface area contributed by atoms with Gasteiger partial charge in [0, 0.05) is 23.6 Å². The van der Waals surface area contributed by atoms with Gasteiger partial charge in [-0.05, 0) is 24.8 Å². The molecule has 1 N–H and O–H groups in total. The molecular weight excluding hydrogens is 302 g/mol. The van der Waals surface area contributed by atoms with E-state index in [9.17, 15) is 13.5 Å². The predicted octanol–water partition coefficient (Wildman–Crippen LogP) is 2.06. The molecule has 1 aromatic rings. The number of aliphatic hydroxyl groups excluding tert-OH is 1. The molecule has 0 spiro atoms. The standard InChI is InChI=1S/C12H19NO3S3/c1-8-7-18-11(6-14)12(8)19(15,16)13-4-5-17-10(3)9(13)2/h7,9-10,14H,4-6H2,1-3H3. The second-order valence-electron chi connectivity index (χ2n) is 4.76. The van der Waals surface area contributed by atoms with Gasteiger partial charge in [0.25, 0.3) is 0 Å². The lowest BCUT2D eigenvalue weighted by Gasteiger charge is -2.36. The number of aliphatic hydroxyl groups is 1. The first-order chi connectivity index (χ1) is 8.89. The van der Waals surface area contributed by atoms with Crippen molar-refractivity contribution in [1.29, 1.82) is 0 Å². The Bertz CT molecular complexity index is 553. The van der Waals surface area contributed by atoms with Crippen LogP contribution in [-0.2, 0) is 16.6 Å². The molecule has 1 saturated heterocycles. The van der Waals surface area contributed by atoms with Crippen LogP contribution in [0.3, 0.4) is 0 Å². The van der Waals surface area contributed by atoms with E-state index in [1.807, 2.05) is 6.92 Å². The number of rotatable bonds is 3. The SMILES string of the molecule is Cc1csc(CO)c1S(=O)(=O)N1CCSC(C)C1C. The molecule has 2 rings (SSSR count). The van der Waals surface area contributed by atoms with Gasteiger partial charge in [0.05, 0.1) is 11.5 Å². The second kappa shape index (κ2) is 5.73. The summed E-state index contributed by atoms with van der Waals surface area (Å²) in [6, 6.07) is -0.0189. The lowest BCUT2D eigenvalue weighted by molar-refractivity contribution is 0.281. The van der Waals surface area contributed by atoms with E-state index in [0.717, 1.165) is 11.3 Å². The van der Waals surface area contributed by atoms with E-state index in [1.165, 1.54) is 11.3 Å². The molecule has 4 nitrogen and oxygen atoms in total. The third-order valence-electron chi connectivity index (χ3n) is 3.53. The fourth-order valence-corrected chi connectivity index (χ4v) is 6.92.